The maximum absolute atomic E-state index is 11.5. The van der Waals surface area contributed by atoms with Crippen LogP contribution < -0.4 is 11.1 Å². The molecular weight excluding hydrogens is 216 g/mol. The van der Waals surface area contributed by atoms with Crippen LogP contribution in [0.4, 0.5) is 0 Å². The molecule has 0 fully saturated rings. The van der Waals surface area contributed by atoms with E-state index >= 15 is 0 Å². The predicted octanol–water partition coefficient (Wildman–Crippen LogP) is 1.72. The molecule has 0 aliphatic rings. The van der Waals surface area contributed by atoms with E-state index in [0.717, 1.165) is 17.9 Å². The largest absolute Gasteiger partial charge is 0.466 e. The quantitative estimate of drug-likeness (QED) is 0.793. The fourth-order valence-electron chi connectivity index (χ4n) is 1.56. The second-order valence-electron chi connectivity index (χ2n) is 4.96. The van der Waals surface area contributed by atoms with Gasteiger partial charge in [0.1, 0.15) is 11.5 Å². The molecule has 0 spiro atoms. The van der Waals surface area contributed by atoms with Crippen molar-refractivity contribution < 1.29 is 9.21 Å². The lowest BCUT2D eigenvalue weighted by atomic mass is 9.90. The average Bonchev–Trinajstić information content (AvgIpc) is 2.71. The van der Waals surface area contributed by atoms with Crippen molar-refractivity contribution in [2.75, 3.05) is 13.1 Å². The van der Waals surface area contributed by atoms with Gasteiger partial charge in [-0.25, -0.2) is 0 Å². The van der Waals surface area contributed by atoms with Gasteiger partial charge in [-0.2, -0.15) is 0 Å². The summed E-state index contributed by atoms with van der Waals surface area (Å²) in [7, 11) is 0. The van der Waals surface area contributed by atoms with Crippen LogP contribution in [0.25, 0.3) is 0 Å². The number of rotatable bonds is 6. The minimum absolute atomic E-state index is 0.0480. The maximum atomic E-state index is 11.5. The van der Waals surface area contributed by atoms with E-state index in [-0.39, 0.29) is 11.3 Å². The Labute approximate surface area is 103 Å². The van der Waals surface area contributed by atoms with Gasteiger partial charge in [-0.05, 0) is 32.0 Å². The third-order valence-corrected chi connectivity index (χ3v) is 2.74. The molecule has 4 nitrogen and oxygen atoms in total. The molecule has 0 saturated carbocycles. The smallest absolute Gasteiger partial charge is 0.220 e. The number of hydrogen-bond acceptors (Lipinski definition) is 3. The van der Waals surface area contributed by atoms with E-state index in [4.69, 9.17) is 10.2 Å². The van der Waals surface area contributed by atoms with Crippen LogP contribution >= 0.6 is 0 Å². The molecule has 17 heavy (non-hydrogen) atoms. The summed E-state index contributed by atoms with van der Waals surface area (Å²) in [6, 6.07) is 3.90. The molecule has 0 atom stereocenters. The Kier molecular flexibility index (Phi) is 4.75. The van der Waals surface area contributed by atoms with Crippen LogP contribution in [-0.2, 0) is 10.2 Å². The highest BCUT2D eigenvalue weighted by Crippen LogP contribution is 2.24. The van der Waals surface area contributed by atoms with Crippen molar-refractivity contribution in [2.45, 2.75) is 39.0 Å². The summed E-state index contributed by atoms with van der Waals surface area (Å²) in [4.78, 5) is 11.5. The lowest BCUT2D eigenvalue weighted by Gasteiger charge is -2.22. The summed E-state index contributed by atoms with van der Waals surface area (Å²) in [5, 5.41) is 2.91. The second kappa shape index (κ2) is 5.87. The molecule has 1 aromatic rings. The number of carbonyl (C=O) groups excluding carboxylic acids is 1. The number of amides is 1. The Balaban J connectivity index is 2.47. The average molecular weight is 238 g/mol. The highest BCUT2D eigenvalue weighted by molar-refractivity contribution is 5.75. The van der Waals surface area contributed by atoms with E-state index in [2.05, 4.69) is 19.2 Å². The van der Waals surface area contributed by atoms with Gasteiger partial charge in [-0.1, -0.05) is 13.8 Å². The van der Waals surface area contributed by atoms with E-state index in [1.54, 1.807) is 0 Å². The summed E-state index contributed by atoms with van der Waals surface area (Å²) >= 11 is 0. The van der Waals surface area contributed by atoms with Crippen LogP contribution in [0.2, 0.25) is 0 Å². The highest BCUT2D eigenvalue weighted by Gasteiger charge is 2.24. The van der Waals surface area contributed by atoms with E-state index < -0.39 is 0 Å². The van der Waals surface area contributed by atoms with Crippen LogP contribution in [-0.4, -0.2) is 19.0 Å². The van der Waals surface area contributed by atoms with Crippen LogP contribution in [0.3, 0.4) is 0 Å². The first-order valence-electron chi connectivity index (χ1n) is 5.99. The van der Waals surface area contributed by atoms with Gasteiger partial charge in [0.2, 0.25) is 5.91 Å². The van der Waals surface area contributed by atoms with Gasteiger partial charge in [0.25, 0.3) is 0 Å². The zero-order chi connectivity index (χ0) is 12.9. The number of nitrogens with two attached hydrogens (primary N) is 1. The molecule has 1 amide bonds. The number of aryl methyl sites for hydroxylation is 1. The zero-order valence-corrected chi connectivity index (χ0v) is 10.9. The molecule has 0 aliphatic heterocycles. The van der Waals surface area contributed by atoms with Crippen LogP contribution in [0.15, 0.2) is 16.5 Å². The molecule has 4 heteroatoms. The minimum atomic E-state index is -0.188. The monoisotopic (exact) mass is 238 g/mol. The second-order valence-corrected chi connectivity index (χ2v) is 4.96. The van der Waals surface area contributed by atoms with E-state index in [9.17, 15) is 4.79 Å². The van der Waals surface area contributed by atoms with E-state index in [1.807, 2.05) is 19.1 Å². The van der Waals surface area contributed by atoms with Crippen molar-refractivity contribution in [3.05, 3.63) is 23.7 Å². The van der Waals surface area contributed by atoms with Gasteiger partial charge < -0.3 is 15.5 Å². The molecule has 0 aliphatic carbocycles. The summed E-state index contributed by atoms with van der Waals surface area (Å²) in [5.74, 6) is 1.84. The molecule has 1 heterocycles. The maximum Gasteiger partial charge on any atom is 0.220 e. The van der Waals surface area contributed by atoms with Crippen molar-refractivity contribution in [1.82, 2.24) is 5.32 Å². The van der Waals surface area contributed by atoms with E-state index in [0.29, 0.717) is 19.5 Å². The molecular formula is C13H22N2O2. The Morgan fingerprint density at radius 3 is 2.71 bits per heavy atom. The van der Waals surface area contributed by atoms with Crippen molar-refractivity contribution in [3.8, 4) is 0 Å². The Bertz CT molecular complexity index is 369. The number of furan rings is 1. The standard InChI is InChI=1S/C13H22N2O2/c1-10-6-7-11(17-10)13(2,3)9-15-12(16)5-4-8-14/h6-7H,4-5,8-9,14H2,1-3H3,(H,15,16). The number of carbonyl (C=O) groups is 1. The molecule has 0 saturated heterocycles. The molecule has 0 unspecified atom stereocenters. The number of nitrogens with one attached hydrogen (secondary N) is 1. The van der Waals surface area contributed by atoms with Crippen LogP contribution in [0.1, 0.15) is 38.2 Å². The van der Waals surface area contributed by atoms with Crippen molar-refractivity contribution in [3.63, 3.8) is 0 Å². The highest BCUT2D eigenvalue weighted by atomic mass is 16.3. The molecule has 0 radical (unpaired) electrons. The summed E-state index contributed by atoms with van der Waals surface area (Å²) in [5.41, 5.74) is 5.17. The molecule has 1 rings (SSSR count). The molecule has 96 valence electrons. The van der Waals surface area contributed by atoms with Crippen molar-refractivity contribution >= 4 is 5.91 Å². The summed E-state index contributed by atoms with van der Waals surface area (Å²) < 4.78 is 5.59. The fourth-order valence-corrected chi connectivity index (χ4v) is 1.56. The summed E-state index contributed by atoms with van der Waals surface area (Å²) in [6.07, 6.45) is 1.22. The SMILES string of the molecule is Cc1ccc(C(C)(C)CNC(=O)CCCN)o1. The minimum Gasteiger partial charge on any atom is -0.466 e. The molecule has 3 N–H and O–H groups in total. The first kappa shape index (κ1) is 13.8. The zero-order valence-electron chi connectivity index (χ0n) is 10.9. The topological polar surface area (TPSA) is 68.3 Å². The first-order valence-corrected chi connectivity index (χ1v) is 5.99. The van der Waals surface area contributed by atoms with Crippen molar-refractivity contribution in [2.24, 2.45) is 5.73 Å². The number of hydrogen-bond donors (Lipinski definition) is 2. The van der Waals surface area contributed by atoms with Gasteiger partial charge in [-0.15, -0.1) is 0 Å². The van der Waals surface area contributed by atoms with Crippen LogP contribution in [0.5, 0.6) is 0 Å². The first-order chi connectivity index (χ1) is 7.95. The van der Waals surface area contributed by atoms with Crippen LogP contribution in [0, 0.1) is 6.92 Å². The fraction of sp³-hybridized carbons (Fsp3) is 0.615. The predicted molar refractivity (Wildman–Crippen MR) is 67.8 cm³/mol. The van der Waals surface area contributed by atoms with Gasteiger partial charge >= 0.3 is 0 Å². The van der Waals surface area contributed by atoms with E-state index in [1.165, 1.54) is 0 Å². The van der Waals surface area contributed by atoms with Gasteiger partial charge in [-0.3, -0.25) is 4.79 Å². The lowest BCUT2D eigenvalue weighted by molar-refractivity contribution is -0.121. The Hall–Kier alpha value is -1.29. The summed E-state index contributed by atoms with van der Waals surface area (Å²) in [6.45, 7) is 7.14. The lowest BCUT2D eigenvalue weighted by Crippen LogP contribution is -2.36. The molecule has 0 aromatic carbocycles. The van der Waals surface area contributed by atoms with Gasteiger partial charge in [0, 0.05) is 18.4 Å². The van der Waals surface area contributed by atoms with Gasteiger partial charge in [0.05, 0.1) is 0 Å². The normalized spacial score (nSPS) is 11.5. The Morgan fingerprint density at radius 2 is 2.18 bits per heavy atom. The van der Waals surface area contributed by atoms with Crippen molar-refractivity contribution in [1.29, 1.82) is 0 Å². The van der Waals surface area contributed by atoms with Gasteiger partial charge in [0.15, 0.2) is 0 Å². The molecule has 0 bridgehead atoms. The third kappa shape index (κ3) is 4.23. The Morgan fingerprint density at radius 1 is 1.47 bits per heavy atom. The third-order valence-electron chi connectivity index (χ3n) is 2.74. The molecule has 1 aromatic heterocycles.